The molecule has 4 heteroatoms. The molecule has 148 valence electrons. The number of nitrogens with one attached hydrogen (secondary N) is 1. The molecule has 0 aliphatic carbocycles. The maximum atomic E-state index is 5.75. The molecule has 1 N–H and O–H groups in total. The van der Waals surface area contributed by atoms with Crippen LogP contribution in [0, 0.1) is 0 Å². The Labute approximate surface area is 172 Å². The number of ether oxygens (including phenoxy) is 1. The molecule has 2 aromatic heterocycles. The monoisotopic (exact) mass is 385 g/mol. The highest BCUT2D eigenvalue weighted by molar-refractivity contribution is 5.66. The van der Waals surface area contributed by atoms with Gasteiger partial charge in [-0.1, -0.05) is 55.5 Å². The number of rotatable bonds is 8. The first kappa shape index (κ1) is 19.2. The zero-order chi connectivity index (χ0) is 20.1. The van der Waals surface area contributed by atoms with Gasteiger partial charge in [0, 0.05) is 30.4 Å². The van der Waals surface area contributed by atoms with Crippen molar-refractivity contribution >= 4 is 5.65 Å². The molecule has 4 rings (SSSR count). The Balaban J connectivity index is 1.61. The van der Waals surface area contributed by atoms with Crippen LogP contribution in [0.1, 0.15) is 30.7 Å². The molecule has 4 aromatic rings. The first-order valence-corrected chi connectivity index (χ1v) is 10.3. The summed E-state index contributed by atoms with van der Waals surface area (Å²) in [4.78, 5) is 4.91. The standard InChI is InChI=1S/C25H27N3O/c1-3-19-12-14-20(15-13-19)25-22(28-16-8-7-11-24(28)27-25)18-26-17-21-9-5-6-10-23(21)29-4-2/h5-16,26H,3-4,17-18H2,1-2H3. The minimum atomic E-state index is 0.669. The van der Waals surface area contributed by atoms with Gasteiger partial charge in [-0.15, -0.1) is 0 Å². The Hall–Kier alpha value is -3.11. The number of hydrogen-bond donors (Lipinski definition) is 1. The SMILES string of the molecule is CCOc1ccccc1CNCc1c(-c2ccc(CC)cc2)nc2ccccn12. The molecule has 0 radical (unpaired) electrons. The lowest BCUT2D eigenvalue weighted by atomic mass is 10.1. The lowest BCUT2D eigenvalue weighted by Crippen LogP contribution is -2.15. The van der Waals surface area contributed by atoms with E-state index in [4.69, 9.17) is 9.72 Å². The second kappa shape index (κ2) is 8.93. The predicted octanol–water partition coefficient (Wildman–Crippen LogP) is 5.25. The summed E-state index contributed by atoms with van der Waals surface area (Å²) in [6.45, 7) is 6.32. The van der Waals surface area contributed by atoms with E-state index in [1.165, 1.54) is 11.3 Å². The van der Waals surface area contributed by atoms with E-state index in [0.717, 1.165) is 47.7 Å². The van der Waals surface area contributed by atoms with Crippen molar-refractivity contribution in [1.29, 1.82) is 0 Å². The highest BCUT2D eigenvalue weighted by Crippen LogP contribution is 2.25. The first-order valence-electron chi connectivity index (χ1n) is 10.3. The first-order chi connectivity index (χ1) is 14.3. The minimum Gasteiger partial charge on any atom is -0.494 e. The van der Waals surface area contributed by atoms with Crippen molar-refractivity contribution in [3.8, 4) is 17.0 Å². The molecule has 0 saturated heterocycles. The third-order valence-electron chi connectivity index (χ3n) is 5.14. The average molecular weight is 386 g/mol. The van der Waals surface area contributed by atoms with Gasteiger partial charge in [-0.3, -0.25) is 0 Å². The topological polar surface area (TPSA) is 38.6 Å². The van der Waals surface area contributed by atoms with Gasteiger partial charge >= 0.3 is 0 Å². The fraction of sp³-hybridized carbons (Fsp3) is 0.240. The summed E-state index contributed by atoms with van der Waals surface area (Å²) < 4.78 is 7.92. The molecular weight excluding hydrogens is 358 g/mol. The molecule has 0 saturated carbocycles. The summed E-state index contributed by atoms with van der Waals surface area (Å²) >= 11 is 0. The lowest BCUT2D eigenvalue weighted by molar-refractivity contribution is 0.335. The van der Waals surface area contributed by atoms with Crippen molar-refractivity contribution in [1.82, 2.24) is 14.7 Å². The van der Waals surface area contributed by atoms with Crippen LogP contribution in [-0.2, 0) is 19.5 Å². The zero-order valence-electron chi connectivity index (χ0n) is 17.1. The maximum Gasteiger partial charge on any atom is 0.137 e. The highest BCUT2D eigenvalue weighted by atomic mass is 16.5. The Kier molecular flexibility index (Phi) is 5.92. The van der Waals surface area contributed by atoms with E-state index in [0.29, 0.717) is 6.61 Å². The summed E-state index contributed by atoms with van der Waals surface area (Å²) in [5, 5.41) is 3.59. The number of aryl methyl sites for hydroxylation is 1. The average Bonchev–Trinajstić information content (AvgIpc) is 3.14. The number of nitrogens with zero attached hydrogens (tertiary/aromatic N) is 2. The van der Waals surface area contributed by atoms with Crippen molar-refractivity contribution in [2.75, 3.05) is 6.61 Å². The molecule has 0 amide bonds. The molecule has 0 atom stereocenters. The summed E-state index contributed by atoms with van der Waals surface area (Å²) in [6, 6.07) is 23.1. The number of imidazole rings is 1. The molecular formula is C25H27N3O. The lowest BCUT2D eigenvalue weighted by Gasteiger charge is -2.12. The van der Waals surface area contributed by atoms with Crippen molar-refractivity contribution < 1.29 is 4.74 Å². The summed E-state index contributed by atoms with van der Waals surface area (Å²) in [5.74, 6) is 0.941. The van der Waals surface area contributed by atoms with Crippen LogP contribution >= 0.6 is 0 Å². The predicted molar refractivity (Wildman–Crippen MR) is 118 cm³/mol. The van der Waals surface area contributed by atoms with E-state index >= 15 is 0 Å². The van der Waals surface area contributed by atoms with Gasteiger partial charge in [0.1, 0.15) is 11.4 Å². The van der Waals surface area contributed by atoms with E-state index < -0.39 is 0 Å². The number of aromatic nitrogens is 2. The second-order valence-corrected chi connectivity index (χ2v) is 7.03. The summed E-state index contributed by atoms with van der Waals surface area (Å²) in [5.41, 5.74) is 6.82. The fourth-order valence-electron chi connectivity index (χ4n) is 3.61. The van der Waals surface area contributed by atoms with Crippen LogP contribution in [0.2, 0.25) is 0 Å². The largest absolute Gasteiger partial charge is 0.494 e. The van der Waals surface area contributed by atoms with Crippen LogP contribution in [-0.4, -0.2) is 16.0 Å². The number of pyridine rings is 1. The third-order valence-corrected chi connectivity index (χ3v) is 5.14. The normalized spacial score (nSPS) is 11.1. The minimum absolute atomic E-state index is 0.669. The molecule has 4 nitrogen and oxygen atoms in total. The van der Waals surface area contributed by atoms with Gasteiger partial charge in [0.15, 0.2) is 0 Å². The van der Waals surface area contributed by atoms with Gasteiger partial charge in [0.2, 0.25) is 0 Å². The van der Waals surface area contributed by atoms with Crippen LogP contribution < -0.4 is 10.1 Å². The van der Waals surface area contributed by atoms with Gasteiger partial charge in [0.25, 0.3) is 0 Å². The maximum absolute atomic E-state index is 5.75. The Morgan fingerprint density at radius 3 is 2.48 bits per heavy atom. The Morgan fingerprint density at radius 2 is 1.69 bits per heavy atom. The molecule has 2 aromatic carbocycles. The van der Waals surface area contributed by atoms with Crippen molar-refractivity contribution in [3.05, 3.63) is 89.7 Å². The van der Waals surface area contributed by atoms with E-state index in [9.17, 15) is 0 Å². The molecule has 0 spiro atoms. The van der Waals surface area contributed by atoms with Crippen LogP contribution in [0.25, 0.3) is 16.9 Å². The fourth-order valence-corrected chi connectivity index (χ4v) is 3.61. The molecule has 0 fully saturated rings. The molecule has 0 aliphatic heterocycles. The summed E-state index contributed by atoms with van der Waals surface area (Å²) in [7, 11) is 0. The number of hydrogen-bond acceptors (Lipinski definition) is 3. The van der Waals surface area contributed by atoms with Gasteiger partial charge < -0.3 is 14.5 Å². The van der Waals surface area contributed by atoms with Crippen molar-refractivity contribution in [2.24, 2.45) is 0 Å². The van der Waals surface area contributed by atoms with Gasteiger partial charge in [-0.2, -0.15) is 0 Å². The van der Waals surface area contributed by atoms with Gasteiger partial charge in [-0.25, -0.2) is 4.98 Å². The summed E-state index contributed by atoms with van der Waals surface area (Å²) in [6.07, 6.45) is 3.12. The number of fused-ring (bicyclic) bond motifs is 1. The number of benzene rings is 2. The number of para-hydroxylation sites is 1. The zero-order valence-corrected chi connectivity index (χ0v) is 17.1. The smallest absolute Gasteiger partial charge is 0.137 e. The van der Waals surface area contributed by atoms with Crippen LogP contribution in [0.5, 0.6) is 5.75 Å². The Bertz CT molecular complexity index is 1080. The van der Waals surface area contributed by atoms with E-state index in [1.807, 2.05) is 31.2 Å². The molecule has 2 heterocycles. The van der Waals surface area contributed by atoms with E-state index in [2.05, 4.69) is 65.3 Å². The molecule has 0 bridgehead atoms. The quantitative estimate of drug-likeness (QED) is 0.450. The molecule has 0 aliphatic rings. The van der Waals surface area contributed by atoms with Crippen molar-refractivity contribution in [3.63, 3.8) is 0 Å². The van der Waals surface area contributed by atoms with E-state index in [-0.39, 0.29) is 0 Å². The van der Waals surface area contributed by atoms with Crippen LogP contribution in [0.3, 0.4) is 0 Å². The second-order valence-electron chi connectivity index (χ2n) is 7.03. The third kappa shape index (κ3) is 4.17. The Morgan fingerprint density at radius 1 is 0.897 bits per heavy atom. The molecule has 0 unspecified atom stereocenters. The highest BCUT2D eigenvalue weighted by Gasteiger charge is 2.14. The van der Waals surface area contributed by atoms with Crippen LogP contribution in [0.4, 0.5) is 0 Å². The van der Waals surface area contributed by atoms with Gasteiger partial charge in [-0.05, 0) is 37.1 Å². The van der Waals surface area contributed by atoms with E-state index in [1.54, 1.807) is 0 Å². The van der Waals surface area contributed by atoms with Crippen LogP contribution in [0.15, 0.2) is 72.9 Å². The molecule has 29 heavy (non-hydrogen) atoms. The van der Waals surface area contributed by atoms with Gasteiger partial charge in [0.05, 0.1) is 18.0 Å². The van der Waals surface area contributed by atoms with Crippen molar-refractivity contribution in [2.45, 2.75) is 33.4 Å².